The predicted molar refractivity (Wildman–Crippen MR) is 68.9 cm³/mol. The van der Waals surface area contributed by atoms with Crippen molar-refractivity contribution in [2.75, 3.05) is 27.2 Å². The van der Waals surface area contributed by atoms with E-state index in [1.807, 2.05) is 37.2 Å². The lowest BCUT2D eigenvalue weighted by molar-refractivity contribution is -0.132. The second-order valence-electron chi connectivity index (χ2n) is 4.78. The van der Waals surface area contributed by atoms with Gasteiger partial charge in [-0.05, 0) is 25.5 Å². The molecule has 0 bridgehead atoms. The van der Waals surface area contributed by atoms with Gasteiger partial charge in [0.1, 0.15) is 0 Å². The van der Waals surface area contributed by atoms with Gasteiger partial charge in [0.15, 0.2) is 0 Å². The molecule has 0 spiro atoms. The van der Waals surface area contributed by atoms with Crippen LogP contribution in [-0.2, 0) is 10.2 Å². The van der Waals surface area contributed by atoms with Crippen molar-refractivity contribution in [2.45, 2.75) is 18.3 Å². The summed E-state index contributed by atoms with van der Waals surface area (Å²) in [6.07, 6.45) is 1.97. The molecule has 1 amide bonds. The summed E-state index contributed by atoms with van der Waals surface area (Å²) < 4.78 is 0. The predicted octanol–water partition coefficient (Wildman–Crippen LogP) is 1.40. The first-order valence-corrected chi connectivity index (χ1v) is 6.16. The first-order valence-electron chi connectivity index (χ1n) is 6.16. The Morgan fingerprint density at radius 3 is 2.53 bits per heavy atom. The SMILES string of the molecule is CNCCN(C)C(=O)C1(c2ccccc2)CC1. The maximum Gasteiger partial charge on any atom is 0.233 e. The van der Waals surface area contributed by atoms with Crippen LogP contribution in [0.4, 0.5) is 0 Å². The minimum absolute atomic E-state index is 0.219. The number of hydrogen-bond donors (Lipinski definition) is 1. The molecule has 0 unspecified atom stereocenters. The maximum absolute atomic E-state index is 12.4. The van der Waals surface area contributed by atoms with Gasteiger partial charge in [0.2, 0.25) is 5.91 Å². The molecule has 2 rings (SSSR count). The van der Waals surface area contributed by atoms with Crippen LogP contribution < -0.4 is 5.32 Å². The Kier molecular flexibility index (Phi) is 3.48. The van der Waals surface area contributed by atoms with E-state index < -0.39 is 0 Å². The number of benzene rings is 1. The van der Waals surface area contributed by atoms with Gasteiger partial charge in [-0.3, -0.25) is 4.79 Å². The zero-order chi connectivity index (χ0) is 12.3. The van der Waals surface area contributed by atoms with Crippen molar-refractivity contribution in [2.24, 2.45) is 0 Å². The van der Waals surface area contributed by atoms with Crippen molar-refractivity contribution in [3.63, 3.8) is 0 Å². The minimum atomic E-state index is -0.219. The second-order valence-corrected chi connectivity index (χ2v) is 4.78. The lowest BCUT2D eigenvalue weighted by Gasteiger charge is -2.23. The molecule has 0 heterocycles. The lowest BCUT2D eigenvalue weighted by Crippen LogP contribution is -2.39. The first-order chi connectivity index (χ1) is 8.20. The third kappa shape index (κ3) is 2.34. The monoisotopic (exact) mass is 232 g/mol. The van der Waals surface area contributed by atoms with Crippen molar-refractivity contribution in [3.05, 3.63) is 35.9 Å². The molecule has 92 valence electrons. The van der Waals surface area contributed by atoms with Crippen LogP contribution >= 0.6 is 0 Å². The van der Waals surface area contributed by atoms with E-state index in [9.17, 15) is 4.79 Å². The maximum atomic E-state index is 12.4. The average molecular weight is 232 g/mol. The van der Waals surface area contributed by atoms with Gasteiger partial charge in [0, 0.05) is 20.1 Å². The largest absolute Gasteiger partial charge is 0.344 e. The van der Waals surface area contributed by atoms with E-state index in [0.717, 1.165) is 25.9 Å². The summed E-state index contributed by atoms with van der Waals surface area (Å²) in [6.45, 7) is 1.61. The molecule has 0 radical (unpaired) electrons. The number of nitrogens with one attached hydrogen (secondary N) is 1. The Hall–Kier alpha value is -1.35. The van der Waals surface area contributed by atoms with E-state index in [2.05, 4.69) is 17.4 Å². The smallest absolute Gasteiger partial charge is 0.233 e. The number of amides is 1. The Balaban J connectivity index is 2.09. The van der Waals surface area contributed by atoms with Gasteiger partial charge < -0.3 is 10.2 Å². The van der Waals surface area contributed by atoms with Crippen molar-refractivity contribution in [3.8, 4) is 0 Å². The third-order valence-corrected chi connectivity index (χ3v) is 3.53. The van der Waals surface area contributed by atoms with E-state index >= 15 is 0 Å². The molecular weight excluding hydrogens is 212 g/mol. The Morgan fingerprint density at radius 2 is 2.00 bits per heavy atom. The number of hydrogen-bond acceptors (Lipinski definition) is 2. The molecule has 1 saturated carbocycles. The standard InChI is InChI=1S/C14H20N2O/c1-15-10-11-16(2)13(17)14(8-9-14)12-6-4-3-5-7-12/h3-7,15H,8-11H2,1-2H3. The van der Waals surface area contributed by atoms with E-state index in [-0.39, 0.29) is 11.3 Å². The van der Waals surface area contributed by atoms with E-state index in [0.29, 0.717) is 0 Å². The van der Waals surface area contributed by atoms with Crippen molar-refractivity contribution < 1.29 is 4.79 Å². The summed E-state index contributed by atoms with van der Waals surface area (Å²) in [6, 6.07) is 10.1. The Labute approximate surface area is 103 Å². The number of carbonyl (C=O) groups is 1. The summed E-state index contributed by atoms with van der Waals surface area (Å²) in [4.78, 5) is 14.3. The topological polar surface area (TPSA) is 32.3 Å². The fourth-order valence-electron chi connectivity index (χ4n) is 2.25. The van der Waals surface area contributed by atoms with Gasteiger partial charge in [0.05, 0.1) is 5.41 Å². The molecule has 17 heavy (non-hydrogen) atoms. The minimum Gasteiger partial charge on any atom is -0.344 e. The molecule has 0 aliphatic heterocycles. The van der Waals surface area contributed by atoms with Crippen LogP contribution in [0.1, 0.15) is 18.4 Å². The zero-order valence-corrected chi connectivity index (χ0v) is 10.6. The average Bonchev–Trinajstić information content (AvgIpc) is 3.17. The highest BCUT2D eigenvalue weighted by Gasteiger charge is 2.52. The molecule has 0 aromatic heterocycles. The summed E-state index contributed by atoms with van der Waals surface area (Å²) in [7, 11) is 3.80. The number of likely N-dealkylation sites (N-methyl/N-ethyl adjacent to an activating group) is 2. The quantitative estimate of drug-likeness (QED) is 0.832. The molecule has 1 N–H and O–H groups in total. The summed E-state index contributed by atoms with van der Waals surface area (Å²) in [5, 5.41) is 3.07. The molecule has 1 aromatic carbocycles. The highest BCUT2D eigenvalue weighted by Crippen LogP contribution is 2.49. The van der Waals surface area contributed by atoms with Gasteiger partial charge in [-0.2, -0.15) is 0 Å². The molecule has 1 fully saturated rings. The number of carbonyl (C=O) groups excluding carboxylic acids is 1. The second kappa shape index (κ2) is 4.88. The van der Waals surface area contributed by atoms with Crippen molar-refractivity contribution in [1.29, 1.82) is 0 Å². The molecule has 0 atom stereocenters. The summed E-state index contributed by atoms with van der Waals surface area (Å²) in [5.41, 5.74) is 0.949. The van der Waals surface area contributed by atoms with E-state index in [4.69, 9.17) is 0 Å². The Morgan fingerprint density at radius 1 is 1.35 bits per heavy atom. The van der Waals surface area contributed by atoms with Crippen molar-refractivity contribution in [1.82, 2.24) is 10.2 Å². The van der Waals surface area contributed by atoms with Gasteiger partial charge in [-0.15, -0.1) is 0 Å². The van der Waals surface area contributed by atoms with Gasteiger partial charge in [0.25, 0.3) is 0 Å². The number of nitrogens with zero attached hydrogens (tertiary/aromatic N) is 1. The normalized spacial score (nSPS) is 16.6. The van der Waals surface area contributed by atoms with E-state index in [1.54, 1.807) is 0 Å². The van der Waals surface area contributed by atoms with Crippen LogP contribution in [0.25, 0.3) is 0 Å². The van der Waals surface area contributed by atoms with Crippen molar-refractivity contribution >= 4 is 5.91 Å². The molecule has 3 nitrogen and oxygen atoms in total. The van der Waals surface area contributed by atoms with Crippen LogP contribution in [0.15, 0.2) is 30.3 Å². The van der Waals surface area contributed by atoms with Crippen LogP contribution in [0, 0.1) is 0 Å². The van der Waals surface area contributed by atoms with Gasteiger partial charge in [-0.25, -0.2) is 0 Å². The lowest BCUT2D eigenvalue weighted by atomic mass is 9.94. The first kappa shape index (κ1) is 12.1. The fraction of sp³-hybridized carbons (Fsp3) is 0.500. The third-order valence-electron chi connectivity index (χ3n) is 3.53. The molecule has 1 aliphatic rings. The van der Waals surface area contributed by atoms with Crippen LogP contribution in [0.5, 0.6) is 0 Å². The summed E-state index contributed by atoms with van der Waals surface area (Å²) >= 11 is 0. The molecule has 3 heteroatoms. The van der Waals surface area contributed by atoms with Gasteiger partial charge in [-0.1, -0.05) is 30.3 Å². The van der Waals surface area contributed by atoms with E-state index in [1.165, 1.54) is 5.56 Å². The van der Waals surface area contributed by atoms with Crippen LogP contribution in [0.2, 0.25) is 0 Å². The molecule has 1 aromatic rings. The fourth-order valence-corrected chi connectivity index (χ4v) is 2.25. The van der Waals surface area contributed by atoms with Crippen LogP contribution in [0.3, 0.4) is 0 Å². The zero-order valence-electron chi connectivity index (χ0n) is 10.6. The van der Waals surface area contributed by atoms with Crippen LogP contribution in [-0.4, -0.2) is 38.0 Å². The highest BCUT2D eigenvalue weighted by atomic mass is 16.2. The Bertz CT molecular complexity index is 384. The molecule has 0 saturated heterocycles. The molecular formula is C14H20N2O. The molecule has 1 aliphatic carbocycles. The number of rotatable bonds is 5. The summed E-state index contributed by atoms with van der Waals surface area (Å²) in [5.74, 6) is 0.263. The van der Waals surface area contributed by atoms with Gasteiger partial charge >= 0.3 is 0 Å². The highest BCUT2D eigenvalue weighted by molar-refractivity contribution is 5.91.